The summed E-state index contributed by atoms with van der Waals surface area (Å²) < 4.78 is 0. The third-order valence-electron chi connectivity index (χ3n) is 2.63. The molecule has 0 aliphatic heterocycles. The third-order valence-corrected chi connectivity index (χ3v) is 3.02. The van der Waals surface area contributed by atoms with Crippen molar-refractivity contribution < 1.29 is 0 Å². The van der Waals surface area contributed by atoms with E-state index in [4.69, 9.17) is 12.2 Å². The minimum Gasteiger partial charge on any atom is -0.0836 e. The van der Waals surface area contributed by atoms with E-state index in [1.165, 1.54) is 19.3 Å². The predicted molar refractivity (Wildman–Crippen MR) is 61.7 cm³/mol. The highest BCUT2D eigenvalue weighted by Gasteiger charge is 2.20. The molecule has 0 aromatic rings. The van der Waals surface area contributed by atoms with Gasteiger partial charge in [0, 0.05) is 10.8 Å². The van der Waals surface area contributed by atoms with Crippen LogP contribution in [0.1, 0.15) is 33.1 Å². The van der Waals surface area contributed by atoms with E-state index >= 15 is 0 Å². The van der Waals surface area contributed by atoms with Crippen LogP contribution in [0, 0.1) is 17.9 Å². The maximum Gasteiger partial charge on any atom is 0.0302 e. The first-order chi connectivity index (χ1) is 6.29. The van der Waals surface area contributed by atoms with Gasteiger partial charge in [-0.3, -0.25) is 0 Å². The van der Waals surface area contributed by atoms with Crippen molar-refractivity contribution in [3.63, 3.8) is 0 Å². The van der Waals surface area contributed by atoms with Gasteiger partial charge in [0.2, 0.25) is 0 Å². The molecule has 0 saturated carbocycles. The molecule has 0 bridgehead atoms. The SMILES string of the molecule is CCCC(CC)C1C=CC=[C]C1=S. The van der Waals surface area contributed by atoms with Crippen LogP contribution in [0.5, 0.6) is 0 Å². The zero-order valence-corrected chi connectivity index (χ0v) is 9.23. The Kier molecular flexibility index (Phi) is 4.37. The monoisotopic (exact) mass is 193 g/mol. The highest BCUT2D eigenvalue weighted by atomic mass is 32.1. The lowest BCUT2D eigenvalue weighted by Gasteiger charge is -2.23. The summed E-state index contributed by atoms with van der Waals surface area (Å²) in [5.74, 6) is 1.18. The van der Waals surface area contributed by atoms with Crippen LogP contribution in [0.4, 0.5) is 0 Å². The van der Waals surface area contributed by atoms with Gasteiger partial charge in [-0.25, -0.2) is 0 Å². The van der Waals surface area contributed by atoms with E-state index < -0.39 is 0 Å². The summed E-state index contributed by atoms with van der Waals surface area (Å²) in [6, 6.07) is 0. The molecule has 2 unspecified atom stereocenters. The molecule has 1 aliphatic rings. The van der Waals surface area contributed by atoms with Gasteiger partial charge in [-0.05, 0) is 18.4 Å². The van der Waals surface area contributed by atoms with Crippen LogP contribution >= 0.6 is 12.2 Å². The fourth-order valence-electron chi connectivity index (χ4n) is 1.87. The van der Waals surface area contributed by atoms with Crippen molar-refractivity contribution >= 4 is 17.1 Å². The van der Waals surface area contributed by atoms with Crippen LogP contribution < -0.4 is 0 Å². The fourth-order valence-corrected chi connectivity index (χ4v) is 2.21. The molecular weight excluding hydrogens is 176 g/mol. The Morgan fingerprint density at radius 3 is 2.85 bits per heavy atom. The van der Waals surface area contributed by atoms with Gasteiger partial charge in [0.1, 0.15) is 0 Å². The Labute approximate surface area is 86.7 Å². The average Bonchev–Trinajstić information content (AvgIpc) is 2.16. The third kappa shape index (κ3) is 2.77. The maximum atomic E-state index is 5.29. The van der Waals surface area contributed by atoms with Crippen molar-refractivity contribution in [1.82, 2.24) is 0 Å². The smallest absolute Gasteiger partial charge is 0.0302 e. The van der Waals surface area contributed by atoms with Gasteiger partial charge in [-0.15, -0.1) is 0 Å². The molecule has 0 spiro atoms. The number of hydrogen-bond donors (Lipinski definition) is 0. The Balaban J connectivity index is 2.62. The molecule has 0 aromatic heterocycles. The van der Waals surface area contributed by atoms with E-state index in [9.17, 15) is 0 Å². The largest absolute Gasteiger partial charge is 0.0836 e. The lowest BCUT2D eigenvalue weighted by molar-refractivity contribution is 0.422. The molecule has 0 heterocycles. The molecule has 1 radical (unpaired) electrons. The normalized spacial score (nSPS) is 23.5. The summed E-state index contributed by atoms with van der Waals surface area (Å²) in [4.78, 5) is 0.989. The summed E-state index contributed by atoms with van der Waals surface area (Å²) >= 11 is 5.29. The molecule has 2 atom stereocenters. The van der Waals surface area contributed by atoms with Gasteiger partial charge in [0.15, 0.2) is 0 Å². The van der Waals surface area contributed by atoms with E-state index in [0.29, 0.717) is 5.92 Å². The van der Waals surface area contributed by atoms with E-state index in [1.54, 1.807) is 0 Å². The Morgan fingerprint density at radius 2 is 2.31 bits per heavy atom. The quantitative estimate of drug-likeness (QED) is 0.613. The summed E-state index contributed by atoms with van der Waals surface area (Å²) in [6.45, 7) is 4.48. The predicted octanol–water partition coefficient (Wildman–Crippen LogP) is 3.73. The second-order valence-corrected chi connectivity index (χ2v) is 3.98. The molecule has 1 heteroatoms. The fraction of sp³-hybridized carbons (Fsp3) is 0.583. The van der Waals surface area contributed by atoms with Crippen LogP contribution in [0.3, 0.4) is 0 Å². The molecule has 0 aromatic carbocycles. The molecule has 0 amide bonds. The molecular formula is C12H17S. The zero-order chi connectivity index (χ0) is 9.68. The number of allylic oxidation sites excluding steroid dienone is 4. The molecule has 1 aliphatic carbocycles. The molecule has 71 valence electrons. The standard InChI is InChI=1S/C12H17S/c1-3-7-10(4-2)11-8-5-6-9-12(11)13/h5-6,8,10-11H,3-4,7H2,1-2H3. The van der Waals surface area contributed by atoms with Gasteiger partial charge in [-0.2, -0.15) is 0 Å². The van der Waals surface area contributed by atoms with E-state index in [1.807, 2.05) is 6.08 Å². The van der Waals surface area contributed by atoms with E-state index in [2.05, 4.69) is 32.1 Å². The Bertz CT molecular complexity index is 225. The van der Waals surface area contributed by atoms with Crippen LogP contribution in [0.15, 0.2) is 18.2 Å². The summed E-state index contributed by atoms with van der Waals surface area (Å²) in [5, 5.41) is 0. The number of rotatable bonds is 4. The molecule has 0 saturated heterocycles. The van der Waals surface area contributed by atoms with Crippen LogP contribution in [0.2, 0.25) is 0 Å². The zero-order valence-electron chi connectivity index (χ0n) is 8.42. The van der Waals surface area contributed by atoms with Gasteiger partial charge in [-0.1, -0.05) is 57.1 Å². The van der Waals surface area contributed by atoms with Gasteiger partial charge in [0.05, 0.1) is 0 Å². The summed E-state index contributed by atoms with van der Waals surface area (Å²) in [6.07, 6.45) is 13.1. The topological polar surface area (TPSA) is 0 Å². The van der Waals surface area contributed by atoms with Gasteiger partial charge >= 0.3 is 0 Å². The Hall–Kier alpha value is -0.430. The number of thiocarbonyl (C=S) groups is 1. The first-order valence-corrected chi connectivity index (χ1v) is 5.50. The van der Waals surface area contributed by atoms with Crippen LogP contribution in [0.25, 0.3) is 0 Å². The lowest BCUT2D eigenvalue weighted by atomic mass is 9.82. The molecule has 0 N–H and O–H groups in total. The van der Waals surface area contributed by atoms with Crippen molar-refractivity contribution in [2.45, 2.75) is 33.1 Å². The Morgan fingerprint density at radius 1 is 1.54 bits per heavy atom. The molecule has 0 fully saturated rings. The lowest BCUT2D eigenvalue weighted by Crippen LogP contribution is -2.20. The van der Waals surface area contributed by atoms with Crippen molar-refractivity contribution in [1.29, 1.82) is 0 Å². The van der Waals surface area contributed by atoms with Crippen LogP contribution in [-0.4, -0.2) is 4.86 Å². The average molecular weight is 193 g/mol. The highest BCUT2D eigenvalue weighted by molar-refractivity contribution is 7.80. The van der Waals surface area contributed by atoms with Gasteiger partial charge in [0.25, 0.3) is 0 Å². The molecule has 1 rings (SSSR count). The van der Waals surface area contributed by atoms with Crippen molar-refractivity contribution in [2.24, 2.45) is 11.8 Å². The summed E-state index contributed by atoms with van der Waals surface area (Å²) in [5.41, 5.74) is 0. The minimum atomic E-state index is 0.463. The second-order valence-electron chi connectivity index (χ2n) is 3.54. The van der Waals surface area contributed by atoms with Crippen molar-refractivity contribution in [3.8, 4) is 0 Å². The van der Waals surface area contributed by atoms with E-state index in [0.717, 1.165) is 10.8 Å². The maximum absolute atomic E-state index is 5.29. The molecule has 13 heavy (non-hydrogen) atoms. The van der Waals surface area contributed by atoms with Crippen molar-refractivity contribution in [2.75, 3.05) is 0 Å². The van der Waals surface area contributed by atoms with E-state index in [-0.39, 0.29) is 0 Å². The van der Waals surface area contributed by atoms with Crippen molar-refractivity contribution in [3.05, 3.63) is 24.3 Å². The highest BCUT2D eigenvalue weighted by Crippen LogP contribution is 2.26. The van der Waals surface area contributed by atoms with Crippen LogP contribution in [-0.2, 0) is 0 Å². The molecule has 0 nitrogen and oxygen atoms in total. The summed E-state index contributed by atoms with van der Waals surface area (Å²) in [7, 11) is 0. The number of hydrogen-bond acceptors (Lipinski definition) is 1. The minimum absolute atomic E-state index is 0.463. The first kappa shape index (κ1) is 10.6. The first-order valence-electron chi connectivity index (χ1n) is 5.10. The van der Waals surface area contributed by atoms with Gasteiger partial charge < -0.3 is 0 Å². The second kappa shape index (κ2) is 5.33.